The third-order valence-corrected chi connectivity index (χ3v) is 3.41. The number of hydrogen-bond acceptors (Lipinski definition) is 3. The summed E-state index contributed by atoms with van der Waals surface area (Å²) in [6.45, 7) is 1.62. The van der Waals surface area contributed by atoms with Gasteiger partial charge >= 0.3 is 0 Å². The van der Waals surface area contributed by atoms with Gasteiger partial charge in [-0.05, 0) is 30.2 Å². The zero-order chi connectivity index (χ0) is 11.6. The molecule has 0 radical (unpaired) electrons. The van der Waals surface area contributed by atoms with Crippen LogP contribution in [0.3, 0.4) is 0 Å². The molecule has 1 aromatic carbocycles. The van der Waals surface area contributed by atoms with E-state index in [9.17, 15) is 8.42 Å². The third-order valence-electron chi connectivity index (χ3n) is 1.66. The van der Waals surface area contributed by atoms with Crippen LogP contribution in [0.1, 0.15) is 5.56 Å². The monoisotopic (exact) mass is 265 g/mol. The van der Waals surface area contributed by atoms with Gasteiger partial charge in [0.1, 0.15) is 0 Å². The Balaban J connectivity index is 3.63. The molecule has 0 amide bonds. The first-order valence-corrected chi connectivity index (χ1v) is 6.35. The lowest BCUT2D eigenvalue weighted by atomic mass is 10.2. The molecule has 0 aliphatic carbocycles. The average molecular weight is 266 g/mol. The van der Waals surface area contributed by atoms with Crippen molar-refractivity contribution in [2.75, 3.05) is 0 Å². The van der Waals surface area contributed by atoms with Crippen molar-refractivity contribution in [1.82, 2.24) is 0 Å². The van der Waals surface area contributed by atoms with Crippen LogP contribution in [-0.2, 0) is 9.05 Å². The molecule has 0 N–H and O–H groups in total. The molecule has 0 bridgehead atoms. The molecule has 80 valence electrons. The highest BCUT2D eigenvalue weighted by atomic mass is 35.7. The van der Waals surface area contributed by atoms with Crippen molar-refractivity contribution in [1.29, 1.82) is 0 Å². The molecule has 0 aliphatic rings. The van der Waals surface area contributed by atoms with Crippen LogP contribution in [0.4, 0.5) is 5.69 Å². The van der Waals surface area contributed by atoms with Crippen molar-refractivity contribution in [2.24, 2.45) is 5.11 Å². The Hall–Kier alpha value is -0.940. The molecule has 0 heterocycles. The fourth-order valence-corrected chi connectivity index (χ4v) is 2.16. The molecule has 8 heteroatoms. The summed E-state index contributed by atoms with van der Waals surface area (Å²) in [7, 11) is 1.22. The highest BCUT2D eigenvalue weighted by Crippen LogP contribution is 2.32. The van der Waals surface area contributed by atoms with E-state index >= 15 is 0 Å². The van der Waals surface area contributed by atoms with E-state index in [1.807, 2.05) is 0 Å². The Labute approximate surface area is 95.7 Å². The SMILES string of the molecule is Cc1cc(S(=O)(=O)Cl)c(N=[N+]=[N-])cc1Cl. The van der Waals surface area contributed by atoms with Gasteiger partial charge in [0.15, 0.2) is 0 Å². The molecule has 0 saturated heterocycles. The number of benzene rings is 1. The predicted octanol–water partition coefficient (Wildman–Crippen LogP) is 3.52. The van der Waals surface area contributed by atoms with Gasteiger partial charge in [-0.3, -0.25) is 0 Å². The molecule has 0 spiro atoms. The Morgan fingerprint density at radius 3 is 2.53 bits per heavy atom. The molecule has 0 atom stereocenters. The van der Waals surface area contributed by atoms with Gasteiger partial charge in [-0.1, -0.05) is 16.7 Å². The van der Waals surface area contributed by atoms with Gasteiger partial charge in [0.25, 0.3) is 9.05 Å². The third kappa shape index (κ3) is 2.76. The fourth-order valence-electron chi connectivity index (χ4n) is 0.966. The number of hydrogen-bond donors (Lipinski definition) is 0. The quantitative estimate of drug-likeness (QED) is 0.355. The van der Waals surface area contributed by atoms with Crippen LogP contribution >= 0.6 is 22.3 Å². The smallest absolute Gasteiger partial charge is 0.207 e. The maximum absolute atomic E-state index is 11.1. The second kappa shape index (κ2) is 4.28. The molecule has 0 aromatic heterocycles. The van der Waals surface area contributed by atoms with Gasteiger partial charge in [-0.25, -0.2) is 8.42 Å². The van der Waals surface area contributed by atoms with Gasteiger partial charge in [-0.15, -0.1) is 0 Å². The Morgan fingerprint density at radius 1 is 1.47 bits per heavy atom. The van der Waals surface area contributed by atoms with Crippen LogP contribution in [0.25, 0.3) is 10.4 Å². The van der Waals surface area contributed by atoms with Gasteiger partial charge in [0.05, 0.1) is 10.6 Å². The summed E-state index contributed by atoms with van der Waals surface area (Å²) in [6, 6.07) is 2.51. The minimum absolute atomic E-state index is 0.108. The molecule has 0 aliphatic heterocycles. The van der Waals surface area contributed by atoms with Crippen molar-refractivity contribution in [3.8, 4) is 0 Å². The van der Waals surface area contributed by atoms with Gasteiger partial charge in [-0.2, -0.15) is 0 Å². The van der Waals surface area contributed by atoms with Crippen molar-refractivity contribution in [2.45, 2.75) is 11.8 Å². The largest absolute Gasteiger partial charge is 0.261 e. The van der Waals surface area contributed by atoms with Gasteiger partial charge in [0, 0.05) is 20.6 Å². The summed E-state index contributed by atoms with van der Waals surface area (Å²) in [6.07, 6.45) is 0. The van der Waals surface area contributed by atoms with E-state index in [-0.39, 0.29) is 10.6 Å². The number of rotatable bonds is 2. The molecule has 1 aromatic rings. The molecule has 15 heavy (non-hydrogen) atoms. The van der Waals surface area contributed by atoms with E-state index < -0.39 is 9.05 Å². The minimum Gasteiger partial charge on any atom is -0.207 e. The average Bonchev–Trinajstić information content (AvgIpc) is 2.09. The van der Waals surface area contributed by atoms with Crippen molar-refractivity contribution in [3.05, 3.63) is 33.2 Å². The number of halogens is 2. The first kappa shape index (κ1) is 12.1. The van der Waals surface area contributed by atoms with E-state index in [1.54, 1.807) is 6.92 Å². The van der Waals surface area contributed by atoms with Crippen molar-refractivity contribution < 1.29 is 8.42 Å². The lowest BCUT2D eigenvalue weighted by Gasteiger charge is -2.04. The second-order valence-electron chi connectivity index (χ2n) is 2.70. The van der Waals surface area contributed by atoms with Crippen molar-refractivity contribution in [3.63, 3.8) is 0 Å². The summed E-state index contributed by atoms with van der Waals surface area (Å²) in [5.74, 6) is 0. The number of aryl methyl sites for hydroxylation is 1. The van der Waals surface area contributed by atoms with Crippen molar-refractivity contribution >= 4 is 37.0 Å². The summed E-state index contributed by atoms with van der Waals surface area (Å²) >= 11 is 5.75. The van der Waals surface area contributed by atoms with Gasteiger partial charge < -0.3 is 0 Å². The van der Waals surface area contributed by atoms with E-state index in [2.05, 4.69) is 10.0 Å². The standard InChI is InChI=1S/C7H5Cl2N3O2S/c1-4-2-7(15(9,13)14)6(11-12-10)3-5(4)8/h2-3H,1H3. The molecule has 1 rings (SSSR count). The lowest BCUT2D eigenvalue weighted by molar-refractivity contribution is 0.609. The van der Waals surface area contributed by atoms with Gasteiger partial charge in [0.2, 0.25) is 0 Å². The normalized spacial score (nSPS) is 10.9. The summed E-state index contributed by atoms with van der Waals surface area (Å²) < 4.78 is 22.3. The molecule has 0 saturated carbocycles. The predicted molar refractivity (Wildman–Crippen MR) is 58.0 cm³/mol. The Morgan fingerprint density at radius 2 is 2.07 bits per heavy atom. The maximum atomic E-state index is 11.1. The van der Waals surface area contributed by atoms with E-state index in [4.69, 9.17) is 27.8 Å². The zero-order valence-corrected chi connectivity index (χ0v) is 9.81. The van der Waals surface area contributed by atoms with Crippen LogP contribution < -0.4 is 0 Å². The second-order valence-corrected chi connectivity index (χ2v) is 5.64. The van der Waals surface area contributed by atoms with Crippen LogP contribution in [-0.4, -0.2) is 8.42 Å². The van der Waals surface area contributed by atoms with Crippen LogP contribution in [0.15, 0.2) is 22.1 Å². The minimum atomic E-state index is -3.95. The van der Waals surface area contributed by atoms with Crippen LogP contribution in [0.5, 0.6) is 0 Å². The first-order valence-electron chi connectivity index (χ1n) is 3.66. The highest BCUT2D eigenvalue weighted by Gasteiger charge is 2.16. The fraction of sp³-hybridized carbons (Fsp3) is 0.143. The Kier molecular flexibility index (Phi) is 3.46. The van der Waals surface area contributed by atoms with E-state index in [1.165, 1.54) is 12.1 Å². The Bertz CT molecular complexity index is 550. The topological polar surface area (TPSA) is 82.9 Å². The van der Waals surface area contributed by atoms with E-state index in [0.29, 0.717) is 10.6 Å². The summed E-state index contributed by atoms with van der Waals surface area (Å²) in [4.78, 5) is 2.25. The number of azide groups is 1. The molecular formula is C7H5Cl2N3O2S. The van der Waals surface area contributed by atoms with Crippen LogP contribution in [0, 0.1) is 6.92 Å². The summed E-state index contributed by atoms with van der Waals surface area (Å²) in [5, 5.41) is 3.51. The van der Waals surface area contributed by atoms with Crippen LogP contribution in [0.2, 0.25) is 5.02 Å². The molecule has 0 fully saturated rings. The summed E-state index contributed by atoms with van der Waals surface area (Å²) in [5.41, 5.74) is 8.67. The molecule has 5 nitrogen and oxygen atoms in total. The maximum Gasteiger partial charge on any atom is 0.261 e. The highest BCUT2D eigenvalue weighted by molar-refractivity contribution is 8.13. The number of nitrogens with zero attached hydrogens (tertiary/aromatic N) is 3. The molecular weight excluding hydrogens is 261 g/mol. The lowest BCUT2D eigenvalue weighted by Crippen LogP contribution is -1.92. The molecule has 0 unspecified atom stereocenters. The zero-order valence-electron chi connectivity index (χ0n) is 7.48. The van der Waals surface area contributed by atoms with E-state index in [0.717, 1.165) is 0 Å². The first-order chi connectivity index (χ1) is 6.86.